The molecule has 0 amide bonds. The summed E-state index contributed by atoms with van der Waals surface area (Å²) >= 11 is 0. The molecule has 1 saturated heterocycles. The number of cyclic esters (lactones) is 1. The van der Waals surface area contributed by atoms with Crippen molar-refractivity contribution in [2.45, 2.75) is 70.1 Å². The monoisotopic (exact) mass is 498 g/mol. The Bertz CT molecular complexity index is 1000. The second-order valence-electron chi connectivity index (χ2n) is 8.49. The Morgan fingerprint density at radius 2 is 1.91 bits per heavy atom. The van der Waals surface area contributed by atoms with Crippen molar-refractivity contribution in [1.29, 1.82) is 0 Å². The highest BCUT2D eigenvalue weighted by Gasteiger charge is 2.45. The summed E-state index contributed by atoms with van der Waals surface area (Å²) in [4.78, 5) is 23.6. The third kappa shape index (κ3) is 5.27. The van der Waals surface area contributed by atoms with Crippen LogP contribution in [0.25, 0.3) is 0 Å². The zero-order valence-corrected chi connectivity index (χ0v) is 19.5. The first-order valence-electron chi connectivity index (χ1n) is 10.9. The van der Waals surface area contributed by atoms with Crippen molar-refractivity contribution >= 4 is 11.9 Å². The minimum atomic E-state index is -1.70. The molecule has 0 aliphatic carbocycles. The number of allylic oxidation sites excluding steroid dienone is 1. The SMILES string of the molecule is COc1c(C)c2c(c(O)c1C/C=C(\C)[C@H](CC(=O)O)O[C@@H]1O[C@H](CO)[C@@H](O)[C@H](O)[C@H]1O)C(=O)OC2. The summed E-state index contributed by atoms with van der Waals surface area (Å²) in [6.45, 7) is 2.65. The third-order valence-corrected chi connectivity index (χ3v) is 6.29. The fraction of sp³-hybridized carbons (Fsp3) is 0.565. The largest absolute Gasteiger partial charge is 0.507 e. The number of aromatic hydroxyl groups is 1. The topological polar surface area (TPSA) is 192 Å². The highest BCUT2D eigenvalue weighted by atomic mass is 16.7. The summed E-state index contributed by atoms with van der Waals surface area (Å²) in [6, 6.07) is 0. The van der Waals surface area contributed by atoms with Gasteiger partial charge in [-0.2, -0.15) is 0 Å². The zero-order chi connectivity index (χ0) is 26.0. The number of hydrogen-bond acceptors (Lipinski definition) is 11. The molecule has 6 atom stereocenters. The van der Waals surface area contributed by atoms with Crippen molar-refractivity contribution in [1.82, 2.24) is 0 Å². The average molecular weight is 498 g/mol. The van der Waals surface area contributed by atoms with Gasteiger partial charge < -0.3 is 49.6 Å². The third-order valence-electron chi connectivity index (χ3n) is 6.29. The number of aliphatic hydroxyl groups excluding tert-OH is 4. The summed E-state index contributed by atoms with van der Waals surface area (Å²) in [5, 5.41) is 59.6. The van der Waals surface area contributed by atoms with Gasteiger partial charge in [0.15, 0.2) is 6.29 Å². The molecule has 1 fully saturated rings. The van der Waals surface area contributed by atoms with Crippen LogP contribution in [-0.4, -0.2) is 93.1 Å². The molecule has 2 aliphatic rings. The molecule has 35 heavy (non-hydrogen) atoms. The van der Waals surface area contributed by atoms with Crippen molar-refractivity contribution in [2.75, 3.05) is 13.7 Å². The number of methoxy groups -OCH3 is 1. The molecular weight excluding hydrogens is 468 g/mol. The van der Waals surface area contributed by atoms with E-state index < -0.39 is 61.8 Å². The first-order chi connectivity index (χ1) is 16.5. The number of aliphatic hydroxyl groups is 4. The first-order valence-corrected chi connectivity index (χ1v) is 10.9. The molecule has 1 aromatic carbocycles. The second-order valence-corrected chi connectivity index (χ2v) is 8.49. The molecule has 0 saturated carbocycles. The van der Waals surface area contributed by atoms with Gasteiger partial charge in [0.2, 0.25) is 0 Å². The summed E-state index contributed by atoms with van der Waals surface area (Å²) in [7, 11) is 1.42. The molecular formula is C23H30O12. The number of carboxylic acid groups (broad SMARTS) is 1. The van der Waals surface area contributed by atoms with Gasteiger partial charge in [0.05, 0.1) is 26.2 Å². The van der Waals surface area contributed by atoms with E-state index in [9.17, 15) is 40.2 Å². The Kier molecular flexibility index (Phi) is 8.36. The average Bonchev–Trinajstić information content (AvgIpc) is 3.21. The number of benzene rings is 1. The minimum Gasteiger partial charge on any atom is -0.507 e. The van der Waals surface area contributed by atoms with E-state index in [1.807, 2.05) is 0 Å². The minimum absolute atomic E-state index is 0.0205. The summed E-state index contributed by atoms with van der Waals surface area (Å²) in [5.41, 5.74) is 1.90. The van der Waals surface area contributed by atoms with Gasteiger partial charge in [-0.15, -0.1) is 0 Å². The van der Waals surface area contributed by atoms with E-state index in [0.717, 1.165) is 0 Å². The number of phenolic OH excluding ortho intramolecular Hbond substituents is 1. The highest BCUT2D eigenvalue weighted by molar-refractivity contribution is 5.98. The van der Waals surface area contributed by atoms with Gasteiger partial charge in [0, 0.05) is 11.1 Å². The van der Waals surface area contributed by atoms with E-state index >= 15 is 0 Å². The molecule has 0 radical (unpaired) electrons. The lowest BCUT2D eigenvalue weighted by Gasteiger charge is -2.40. The Balaban J connectivity index is 1.88. The van der Waals surface area contributed by atoms with Gasteiger partial charge in [-0.05, 0) is 31.4 Å². The molecule has 2 aliphatic heterocycles. The van der Waals surface area contributed by atoms with E-state index in [0.29, 0.717) is 28.0 Å². The van der Waals surface area contributed by atoms with Crippen molar-refractivity contribution in [3.8, 4) is 11.5 Å². The number of esters is 1. The van der Waals surface area contributed by atoms with Crippen molar-refractivity contribution in [3.63, 3.8) is 0 Å². The normalized spacial score (nSPS) is 27.3. The number of ether oxygens (including phenoxy) is 4. The Morgan fingerprint density at radius 3 is 2.51 bits per heavy atom. The number of carboxylic acids is 1. The Labute approximate surface area is 200 Å². The van der Waals surface area contributed by atoms with Gasteiger partial charge in [-0.1, -0.05) is 6.08 Å². The predicted molar refractivity (Wildman–Crippen MR) is 117 cm³/mol. The number of carbonyl (C=O) groups excluding carboxylic acids is 1. The molecule has 0 bridgehead atoms. The molecule has 12 nitrogen and oxygen atoms in total. The lowest BCUT2D eigenvalue weighted by molar-refractivity contribution is -0.308. The summed E-state index contributed by atoms with van der Waals surface area (Å²) in [5.74, 6) is -1.81. The Morgan fingerprint density at radius 1 is 1.23 bits per heavy atom. The molecule has 0 spiro atoms. The number of hydrogen-bond donors (Lipinski definition) is 6. The molecule has 2 heterocycles. The quantitative estimate of drug-likeness (QED) is 0.190. The predicted octanol–water partition coefficient (Wildman–Crippen LogP) is -0.472. The van der Waals surface area contributed by atoms with Crippen LogP contribution in [0.15, 0.2) is 11.6 Å². The van der Waals surface area contributed by atoms with Crippen molar-refractivity contribution in [3.05, 3.63) is 33.9 Å². The van der Waals surface area contributed by atoms with E-state index in [2.05, 4.69) is 0 Å². The highest BCUT2D eigenvalue weighted by Crippen LogP contribution is 2.42. The fourth-order valence-electron chi connectivity index (χ4n) is 4.24. The lowest BCUT2D eigenvalue weighted by atomic mass is 9.94. The van der Waals surface area contributed by atoms with Crippen LogP contribution in [-0.2, 0) is 32.0 Å². The van der Waals surface area contributed by atoms with Crippen LogP contribution in [0.5, 0.6) is 11.5 Å². The van der Waals surface area contributed by atoms with Gasteiger partial charge in [0.25, 0.3) is 0 Å². The maximum absolute atomic E-state index is 12.1. The van der Waals surface area contributed by atoms with Crippen LogP contribution in [0.1, 0.15) is 40.4 Å². The summed E-state index contributed by atoms with van der Waals surface area (Å²) < 4.78 is 21.4. The van der Waals surface area contributed by atoms with Crippen LogP contribution < -0.4 is 4.74 Å². The fourth-order valence-corrected chi connectivity index (χ4v) is 4.24. The van der Waals surface area contributed by atoms with Gasteiger partial charge in [-0.25, -0.2) is 4.79 Å². The maximum atomic E-state index is 12.1. The van der Waals surface area contributed by atoms with E-state index in [1.165, 1.54) is 7.11 Å². The zero-order valence-electron chi connectivity index (χ0n) is 19.5. The first kappa shape index (κ1) is 26.9. The number of phenols is 1. The molecule has 194 valence electrons. The van der Waals surface area contributed by atoms with Gasteiger partial charge in [-0.3, -0.25) is 4.79 Å². The summed E-state index contributed by atoms with van der Waals surface area (Å²) in [6.07, 6.45) is -7.78. The van der Waals surface area contributed by atoms with Gasteiger partial charge in [0.1, 0.15) is 48.1 Å². The lowest BCUT2D eigenvalue weighted by Crippen LogP contribution is -2.59. The maximum Gasteiger partial charge on any atom is 0.342 e. The standard InChI is InChI=1S/C23H30O12/c1-9(4-5-11-17(27)16-12(8-33-22(16)31)10(2)21(11)32-3)13(6-15(25)26)34-23-20(30)19(29)18(28)14(7-24)35-23/h4,13-14,18-20,23-24,27-30H,5-8H2,1-3H3,(H,25,26)/b9-4+/t13-,14+,18+,19-,20+,23+/m0/s1. The van der Waals surface area contributed by atoms with Crippen LogP contribution >= 0.6 is 0 Å². The van der Waals surface area contributed by atoms with E-state index in [4.69, 9.17) is 18.9 Å². The second kappa shape index (κ2) is 10.9. The number of carbonyl (C=O) groups is 2. The van der Waals surface area contributed by atoms with Crippen molar-refractivity contribution < 1.29 is 59.2 Å². The smallest absolute Gasteiger partial charge is 0.342 e. The molecule has 0 unspecified atom stereocenters. The van der Waals surface area contributed by atoms with Gasteiger partial charge >= 0.3 is 11.9 Å². The van der Waals surface area contributed by atoms with Crippen LogP contribution in [0, 0.1) is 6.92 Å². The molecule has 6 N–H and O–H groups in total. The van der Waals surface area contributed by atoms with Crippen LogP contribution in [0.4, 0.5) is 0 Å². The van der Waals surface area contributed by atoms with E-state index in [-0.39, 0.29) is 24.3 Å². The number of rotatable bonds is 9. The van der Waals surface area contributed by atoms with Crippen LogP contribution in [0.2, 0.25) is 0 Å². The molecule has 3 rings (SSSR count). The van der Waals surface area contributed by atoms with Crippen LogP contribution in [0.3, 0.4) is 0 Å². The number of fused-ring (bicyclic) bond motifs is 1. The molecule has 0 aromatic heterocycles. The van der Waals surface area contributed by atoms with Crippen molar-refractivity contribution in [2.24, 2.45) is 0 Å². The Hall–Kier alpha value is -2.74. The number of aliphatic carboxylic acids is 1. The molecule has 1 aromatic rings. The van der Waals surface area contributed by atoms with E-state index in [1.54, 1.807) is 19.9 Å². The molecule has 12 heteroatoms.